The van der Waals surface area contributed by atoms with Gasteiger partial charge in [0.2, 0.25) is 0 Å². The summed E-state index contributed by atoms with van der Waals surface area (Å²) in [7, 11) is 0. The third kappa shape index (κ3) is 2.50. The maximum absolute atomic E-state index is 10.7. The summed E-state index contributed by atoms with van der Waals surface area (Å²) < 4.78 is 12.8. The molecule has 0 N–H and O–H groups in total. The summed E-state index contributed by atoms with van der Waals surface area (Å²) in [6.45, 7) is 3.53. The lowest BCUT2D eigenvalue weighted by Crippen LogP contribution is -2.17. The molecule has 102 valence electrons. The number of halogens is 1. The molecule has 1 unspecified atom stereocenters. The molecule has 1 heterocycles. The minimum atomic E-state index is 0.180. The van der Waals surface area contributed by atoms with E-state index in [4.69, 9.17) is 9.47 Å². The summed E-state index contributed by atoms with van der Waals surface area (Å²) >= 11 is 3.56. The van der Waals surface area contributed by atoms with Gasteiger partial charge in [-0.15, -0.1) is 0 Å². The molecule has 3 nitrogen and oxygen atoms in total. The maximum Gasteiger partial charge on any atom is 0.162 e. The van der Waals surface area contributed by atoms with Gasteiger partial charge in [0.1, 0.15) is 6.29 Å². The highest BCUT2D eigenvalue weighted by molar-refractivity contribution is 9.10. The van der Waals surface area contributed by atoms with Crippen molar-refractivity contribution < 1.29 is 14.3 Å². The van der Waals surface area contributed by atoms with E-state index in [9.17, 15) is 4.79 Å². The van der Waals surface area contributed by atoms with Gasteiger partial charge >= 0.3 is 0 Å². The minimum Gasteiger partial charge on any atom is -0.489 e. The molecule has 0 amide bonds. The predicted octanol–water partition coefficient (Wildman–Crippen LogP) is 3.69. The topological polar surface area (TPSA) is 35.5 Å². The van der Waals surface area contributed by atoms with Crippen LogP contribution in [0.25, 0.3) is 0 Å². The first-order valence-corrected chi connectivity index (χ1v) is 7.45. The van der Waals surface area contributed by atoms with Crippen LogP contribution in [0.1, 0.15) is 37.7 Å². The van der Waals surface area contributed by atoms with Crippen molar-refractivity contribution in [1.82, 2.24) is 0 Å². The summed E-state index contributed by atoms with van der Waals surface area (Å²) in [6, 6.07) is 3.97. The minimum absolute atomic E-state index is 0.180. The van der Waals surface area contributed by atoms with E-state index in [1.165, 1.54) is 12.8 Å². The van der Waals surface area contributed by atoms with Crippen molar-refractivity contribution in [2.75, 3.05) is 13.2 Å². The third-order valence-corrected chi connectivity index (χ3v) is 4.76. The van der Waals surface area contributed by atoms with E-state index < -0.39 is 0 Å². The molecule has 1 aromatic carbocycles. The average molecular weight is 325 g/mol. The number of hydrogen-bond acceptors (Lipinski definition) is 3. The summed E-state index contributed by atoms with van der Waals surface area (Å²) in [5.74, 6) is 1.79. The molecule has 0 saturated heterocycles. The number of aldehydes is 1. The normalized spacial score (nSPS) is 20.7. The number of rotatable bonds is 3. The second-order valence-electron chi connectivity index (χ2n) is 5.70. The van der Waals surface area contributed by atoms with E-state index >= 15 is 0 Å². The van der Waals surface area contributed by atoms with Gasteiger partial charge < -0.3 is 14.3 Å². The molecule has 3 rings (SSSR count). The number of carbonyl (C=O) groups is 1. The van der Waals surface area contributed by atoms with Gasteiger partial charge in [-0.1, -0.05) is 22.9 Å². The molecule has 1 aliphatic carbocycles. The van der Waals surface area contributed by atoms with Crippen LogP contribution in [0.3, 0.4) is 0 Å². The Hall–Kier alpha value is -1.03. The number of ether oxygens (including phenoxy) is 2. The molecule has 1 saturated carbocycles. The SMILES string of the molecule is CC(CC=O)c1cc2c(cc1Br)OCC1(CC1)CO2. The molecule has 0 aromatic heterocycles. The second-order valence-corrected chi connectivity index (χ2v) is 6.56. The second kappa shape index (κ2) is 4.82. The molecule has 1 aromatic rings. The fourth-order valence-electron chi connectivity index (χ4n) is 2.39. The largest absolute Gasteiger partial charge is 0.489 e. The van der Waals surface area contributed by atoms with E-state index in [-0.39, 0.29) is 11.3 Å². The van der Waals surface area contributed by atoms with Crippen LogP contribution in [0, 0.1) is 5.41 Å². The number of benzene rings is 1. The summed E-state index contributed by atoms with van der Waals surface area (Å²) in [5, 5.41) is 0. The Balaban J connectivity index is 1.90. The van der Waals surface area contributed by atoms with E-state index in [2.05, 4.69) is 15.9 Å². The monoisotopic (exact) mass is 324 g/mol. The molecule has 1 atom stereocenters. The Morgan fingerprint density at radius 1 is 1.32 bits per heavy atom. The zero-order valence-electron chi connectivity index (χ0n) is 10.9. The van der Waals surface area contributed by atoms with Crippen molar-refractivity contribution in [2.24, 2.45) is 5.41 Å². The van der Waals surface area contributed by atoms with Crippen LogP contribution in [0.5, 0.6) is 11.5 Å². The van der Waals surface area contributed by atoms with Crippen LogP contribution in [0.2, 0.25) is 0 Å². The summed E-state index contributed by atoms with van der Waals surface area (Å²) in [6.07, 6.45) is 3.86. The summed E-state index contributed by atoms with van der Waals surface area (Å²) in [5.41, 5.74) is 1.35. The van der Waals surface area contributed by atoms with Gasteiger partial charge in [0.25, 0.3) is 0 Å². The molecular weight excluding hydrogens is 308 g/mol. The lowest BCUT2D eigenvalue weighted by Gasteiger charge is -2.15. The number of fused-ring (bicyclic) bond motifs is 1. The Morgan fingerprint density at radius 2 is 1.95 bits per heavy atom. The Labute approximate surface area is 121 Å². The first-order chi connectivity index (χ1) is 9.13. The Kier molecular flexibility index (Phi) is 3.29. The van der Waals surface area contributed by atoms with E-state index in [0.29, 0.717) is 6.42 Å². The number of hydrogen-bond donors (Lipinski definition) is 0. The molecular formula is C15H17BrO3. The zero-order chi connectivity index (χ0) is 13.5. The van der Waals surface area contributed by atoms with Gasteiger partial charge in [-0.05, 0) is 36.5 Å². The van der Waals surface area contributed by atoms with Crippen molar-refractivity contribution in [3.8, 4) is 11.5 Å². The lowest BCUT2D eigenvalue weighted by molar-refractivity contribution is -0.108. The average Bonchev–Trinajstić information content (AvgIpc) is 3.18. The highest BCUT2D eigenvalue weighted by Gasteiger charge is 2.46. The molecule has 2 aliphatic rings. The Bertz CT molecular complexity index is 508. The fourth-order valence-corrected chi connectivity index (χ4v) is 3.11. The Morgan fingerprint density at radius 3 is 2.53 bits per heavy atom. The first kappa shape index (κ1) is 13.0. The molecule has 0 bridgehead atoms. The van der Waals surface area contributed by atoms with Gasteiger partial charge in [0.15, 0.2) is 11.5 Å². The molecule has 1 spiro atoms. The van der Waals surface area contributed by atoms with Crippen LogP contribution in [0.4, 0.5) is 0 Å². The maximum atomic E-state index is 10.7. The molecule has 4 heteroatoms. The van der Waals surface area contributed by atoms with Crippen molar-refractivity contribution in [1.29, 1.82) is 0 Å². The summed E-state index contributed by atoms with van der Waals surface area (Å²) in [4.78, 5) is 10.7. The molecule has 19 heavy (non-hydrogen) atoms. The van der Waals surface area contributed by atoms with Crippen LogP contribution >= 0.6 is 15.9 Å². The zero-order valence-corrected chi connectivity index (χ0v) is 12.5. The van der Waals surface area contributed by atoms with Crippen LogP contribution in [-0.2, 0) is 4.79 Å². The van der Waals surface area contributed by atoms with Gasteiger partial charge in [0, 0.05) is 16.3 Å². The smallest absolute Gasteiger partial charge is 0.162 e. The van der Waals surface area contributed by atoms with E-state index in [0.717, 1.165) is 41.0 Å². The molecule has 1 aliphatic heterocycles. The van der Waals surface area contributed by atoms with E-state index in [1.54, 1.807) is 0 Å². The highest BCUT2D eigenvalue weighted by atomic mass is 79.9. The fraction of sp³-hybridized carbons (Fsp3) is 0.533. The molecule has 0 radical (unpaired) electrons. The standard InChI is InChI=1S/C15H17BrO3/c1-10(2-5-17)11-6-13-14(7-12(11)16)19-9-15(3-4-15)8-18-13/h5-7,10H,2-4,8-9H2,1H3. The van der Waals surface area contributed by atoms with Crippen molar-refractivity contribution in [3.63, 3.8) is 0 Å². The van der Waals surface area contributed by atoms with Crippen LogP contribution < -0.4 is 9.47 Å². The van der Waals surface area contributed by atoms with E-state index in [1.807, 2.05) is 19.1 Å². The number of carbonyl (C=O) groups excluding carboxylic acids is 1. The third-order valence-electron chi connectivity index (χ3n) is 4.07. The van der Waals surface area contributed by atoms with Gasteiger partial charge in [-0.2, -0.15) is 0 Å². The predicted molar refractivity (Wildman–Crippen MR) is 75.9 cm³/mol. The van der Waals surface area contributed by atoms with Crippen LogP contribution in [-0.4, -0.2) is 19.5 Å². The van der Waals surface area contributed by atoms with Crippen molar-refractivity contribution in [2.45, 2.75) is 32.1 Å². The van der Waals surface area contributed by atoms with Crippen LogP contribution in [0.15, 0.2) is 16.6 Å². The first-order valence-electron chi connectivity index (χ1n) is 6.66. The van der Waals surface area contributed by atoms with Gasteiger partial charge in [0.05, 0.1) is 13.2 Å². The van der Waals surface area contributed by atoms with Gasteiger partial charge in [-0.3, -0.25) is 0 Å². The van der Waals surface area contributed by atoms with Crippen molar-refractivity contribution in [3.05, 3.63) is 22.2 Å². The highest BCUT2D eigenvalue weighted by Crippen LogP contribution is 2.50. The van der Waals surface area contributed by atoms with Gasteiger partial charge in [-0.25, -0.2) is 0 Å². The van der Waals surface area contributed by atoms with Crippen molar-refractivity contribution >= 4 is 22.2 Å². The molecule has 1 fully saturated rings. The quantitative estimate of drug-likeness (QED) is 0.795. The lowest BCUT2D eigenvalue weighted by atomic mass is 9.98.